The molecule has 0 saturated carbocycles. The molecule has 0 aliphatic rings. The van der Waals surface area contributed by atoms with Crippen molar-refractivity contribution in [1.82, 2.24) is 9.62 Å². The fourth-order valence-electron chi connectivity index (χ4n) is 3.22. The van der Waals surface area contributed by atoms with E-state index in [4.69, 9.17) is 11.6 Å². The minimum Gasteiger partial charge on any atom is -0.324 e. The van der Waals surface area contributed by atoms with Gasteiger partial charge in [0, 0.05) is 20.1 Å². The molecule has 8 heteroatoms. The summed E-state index contributed by atoms with van der Waals surface area (Å²) in [4.78, 5) is 12.7. The third-order valence-electron chi connectivity index (χ3n) is 4.98. The highest BCUT2D eigenvalue weighted by molar-refractivity contribution is 7.89. The van der Waals surface area contributed by atoms with E-state index in [2.05, 4.69) is 10.6 Å². The fraction of sp³-hybridized carbons (Fsp3) is 0.208. The van der Waals surface area contributed by atoms with Gasteiger partial charge in [0.2, 0.25) is 15.9 Å². The van der Waals surface area contributed by atoms with Gasteiger partial charge in [-0.05, 0) is 35.7 Å². The van der Waals surface area contributed by atoms with Crippen molar-refractivity contribution < 1.29 is 13.2 Å². The molecule has 0 spiro atoms. The Morgan fingerprint density at radius 2 is 1.59 bits per heavy atom. The predicted octanol–water partition coefficient (Wildman–Crippen LogP) is 4.10. The molecule has 3 rings (SSSR count). The maximum absolute atomic E-state index is 12.7. The lowest BCUT2D eigenvalue weighted by Gasteiger charge is -2.20. The van der Waals surface area contributed by atoms with Gasteiger partial charge in [-0.1, -0.05) is 72.3 Å². The second-order valence-electron chi connectivity index (χ2n) is 7.51. The molecule has 0 fully saturated rings. The monoisotopic (exact) mass is 471 g/mol. The first-order chi connectivity index (χ1) is 15.3. The Bertz CT molecular complexity index is 1150. The van der Waals surface area contributed by atoms with Crippen LogP contribution in [0.5, 0.6) is 0 Å². The molecule has 2 N–H and O–H groups in total. The van der Waals surface area contributed by atoms with Crippen molar-refractivity contribution >= 4 is 33.2 Å². The van der Waals surface area contributed by atoms with Crippen molar-refractivity contribution in [1.29, 1.82) is 0 Å². The minimum atomic E-state index is -3.64. The van der Waals surface area contributed by atoms with Crippen molar-refractivity contribution in [2.75, 3.05) is 26.0 Å². The number of hydrogen-bond donors (Lipinski definition) is 2. The third kappa shape index (κ3) is 6.17. The number of halogens is 1. The molecule has 168 valence electrons. The lowest BCUT2D eigenvalue weighted by atomic mass is 9.99. The van der Waals surface area contributed by atoms with Crippen LogP contribution in [0, 0.1) is 0 Å². The zero-order valence-electron chi connectivity index (χ0n) is 18.0. The summed E-state index contributed by atoms with van der Waals surface area (Å²) in [6, 6.07) is 24.1. The first-order valence-electron chi connectivity index (χ1n) is 10.1. The zero-order chi connectivity index (χ0) is 23.1. The van der Waals surface area contributed by atoms with Crippen LogP contribution in [0.25, 0.3) is 0 Å². The first kappa shape index (κ1) is 23.9. The second-order valence-corrected chi connectivity index (χ2v) is 10.1. The topological polar surface area (TPSA) is 78.5 Å². The lowest BCUT2D eigenvalue weighted by molar-refractivity contribution is -0.115. The van der Waals surface area contributed by atoms with Crippen molar-refractivity contribution in [2.24, 2.45) is 0 Å². The van der Waals surface area contributed by atoms with Crippen LogP contribution in [-0.2, 0) is 21.2 Å². The molecule has 32 heavy (non-hydrogen) atoms. The largest absolute Gasteiger partial charge is 0.324 e. The van der Waals surface area contributed by atoms with Crippen LogP contribution in [0.2, 0.25) is 5.02 Å². The van der Waals surface area contributed by atoms with E-state index in [-0.39, 0.29) is 34.1 Å². The number of rotatable bonds is 9. The normalized spacial score (nSPS) is 12.5. The van der Waals surface area contributed by atoms with E-state index < -0.39 is 10.0 Å². The average Bonchev–Trinajstić information content (AvgIpc) is 2.79. The molecule has 0 bridgehead atoms. The smallest absolute Gasteiger partial charge is 0.242 e. The summed E-state index contributed by atoms with van der Waals surface area (Å²) in [5, 5.41) is 6.29. The molecule has 0 radical (unpaired) electrons. The van der Waals surface area contributed by atoms with Gasteiger partial charge in [-0.15, -0.1) is 0 Å². The molecule has 0 aromatic heterocycles. The van der Waals surface area contributed by atoms with Gasteiger partial charge in [-0.3, -0.25) is 4.79 Å². The number of carbonyl (C=O) groups is 1. The fourth-order valence-corrected chi connectivity index (χ4v) is 4.32. The van der Waals surface area contributed by atoms with Crippen LogP contribution in [0.4, 0.5) is 5.69 Å². The average molecular weight is 472 g/mol. The summed E-state index contributed by atoms with van der Waals surface area (Å²) in [5.41, 5.74) is 2.47. The highest BCUT2D eigenvalue weighted by atomic mass is 35.5. The molecular weight excluding hydrogens is 446 g/mol. The minimum absolute atomic E-state index is 0.0351. The zero-order valence-corrected chi connectivity index (χ0v) is 19.5. The van der Waals surface area contributed by atoms with E-state index in [0.29, 0.717) is 0 Å². The maximum atomic E-state index is 12.7. The van der Waals surface area contributed by atoms with Gasteiger partial charge in [-0.2, -0.15) is 0 Å². The van der Waals surface area contributed by atoms with E-state index in [1.165, 1.54) is 32.3 Å². The van der Waals surface area contributed by atoms with Crippen LogP contribution in [0.15, 0.2) is 83.8 Å². The third-order valence-corrected chi connectivity index (χ3v) is 7.12. The van der Waals surface area contributed by atoms with Gasteiger partial charge in [0.1, 0.15) is 0 Å². The Labute approximate surface area is 194 Å². The highest BCUT2D eigenvalue weighted by Crippen LogP contribution is 2.26. The molecular formula is C24H26ClN3O3S. The quantitative estimate of drug-likeness (QED) is 0.492. The number of hydrogen-bond acceptors (Lipinski definition) is 4. The molecule has 6 nitrogen and oxygen atoms in total. The Morgan fingerprint density at radius 1 is 0.969 bits per heavy atom. The van der Waals surface area contributed by atoms with Gasteiger partial charge < -0.3 is 10.6 Å². The van der Waals surface area contributed by atoms with E-state index in [1.54, 1.807) is 0 Å². The standard InChI is InChI=1S/C24H26ClN3O3S/c1-28(2)32(30,31)20-13-14-21(25)23(16-20)27-24(29)17-26-22(19-11-7-4-8-12-19)15-18-9-5-3-6-10-18/h3-14,16,22,26H,15,17H2,1-2H3,(H,27,29)/t22-/m1/s1. The molecule has 0 saturated heterocycles. The number of benzene rings is 3. The van der Waals surface area contributed by atoms with Gasteiger partial charge in [0.05, 0.1) is 22.2 Å². The van der Waals surface area contributed by atoms with Gasteiger partial charge in [0.15, 0.2) is 0 Å². The Morgan fingerprint density at radius 3 is 2.22 bits per heavy atom. The van der Waals surface area contributed by atoms with Crippen molar-refractivity contribution in [3.8, 4) is 0 Å². The highest BCUT2D eigenvalue weighted by Gasteiger charge is 2.19. The number of carbonyl (C=O) groups excluding carboxylic acids is 1. The van der Waals surface area contributed by atoms with Crippen LogP contribution in [0.1, 0.15) is 17.2 Å². The summed E-state index contributed by atoms with van der Waals surface area (Å²) < 4.78 is 25.9. The molecule has 0 aliphatic carbocycles. The number of nitrogens with one attached hydrogen (secondary N) is 2. The van der Waals surface area contributed by atoms with Crippen LogP contribution in [-0.4, -0.2) is 39.3 Å². The lowest BCUT2D eigenvalue weighted by Crippen LogP contribution is -2.32. The summed E-state index contributed by atoms with van der Waals surface area (Å²) in [6.07, 6.45) is 0.718. The van der Waals surface area contributed by atoms with E-state index in [1.807, 2.05) is 60.7 Å². The molecule has 1 amide bonds. The molecule has 0 heterocycles. The predicted molar refractivity (Wildman–Crippen MR) is 128 cm³/mol. The molecule has 0 aliphatic heterocycles. The molecule has 3 aromatic carbocycles. The van der Waals surface area contributed by atoms with Crippen LogP contribution in [0.3, 0.4) is 0 Å². The van der Waals surface area contributed by atoms with Crippen molar-refractivity contribution in [3.05, 3.63) is 95.0 Å². The maximum Gasteiger partial charge on any atom is 0.242 e. The summed E-state index contributed by atoms with van der Waals surface area (Å²) in [6.45, 7) is 0.0351. The number of sulfonamides is 1. The Kier molecular flexibility index (Phi) is 8.04. The van der Waals surface area contributed by atoms with E-state index in [9.17, 15) is 13.2 Å². The van der Waals surface area contributed by atoms with E-state index in [0.717, 1.165) is 21.9 Å². The molecule has 3 aromatic rings. The summed E-state index contributed by atoms with van der Waals surface area (Å²) in [5.74, 6) is -0.319. The van der Waals surface area contributed by atoms with Gasteiger partial charge in [0.25, 0.3) is 0 Å². The Hall–Kier alpha value is -2.71. The van der Waals surface area contributed by atoms with Crippen molar-refractivity contribution in [3.63, 3.8) is 0 Å². The Balaban J connectivity index is 1.72. The number of amides is 1. The van der Waals surface area contributed by atoms with Crippen molar-refractivity contribution in [2.45, 2.75) is 17.4 Å². The van der Waals surface area contributed by atoms with Crippen LogP contribution >= 0.6 is 11.6 Å². The number of nitrogens with zero attached hydrogens (tertiary/aromatic N) is 1. The van der Waals surface area contributed by atoms with Crippen LogP contribution < -0.4 is 10.6 Å². The second kappa shape index (κ2) is 10.7. The SMILES string of the molecule is CN(C)S(=O)(=O)c1ccc(Cl)c(NC(=O)CN[C@H](Cc2ccccc2)c2ccccc2)c1. The summed E-state index contributed by atoms with van der Waals surface area (Å²) in [7, 11) is -0.747. The molecule has 0 unspecified atom stereocenters. The summed E-state index contributed by atoms with van der Waals surface area (Å²) >= 11 is 6.19. The van der Waals surface area contributed by atoms with Gasteiger partial charge in [-0.25, -0.2) is 12.7 Å². The van der Waals surface area contributed by atoms with Gasteiger partial charge >= 0.3 is 0 Å². The molecule has 1 atom stereocenters. The van der Waals surface area contributed by atoms with E-state index >= 15 is 0 Å². The first-order valence-corrected chi connectivity index (χ1v) is 11.9. The number of anilines is 1.